The van der Waals surface area contributed by atoms with Crippen LogP contribution in [0.1, 0.15) is 27.2 Å². The van der Waals surface area contributed by atoms with E-state index in [0.717, 1.165) is 17.5 Å². The summed E-state index contributed by atoms with van der Waals surface area (Å²) < 4.78 is 0. The third kappa shape index (κ3) is 3.18. The van der Waals surface area contributed by atoms with Crippen molar-refractivity contribution in [2.45, 2.75) is 19.8 Å². The molecular weight excluding hydrogens is 252 g/mol. The van der Waals surface area contributed by atoms with Crippen LogP contribution in [0.3, 0.4) is 0 Å². The zero-order valence-electron chi connectivity index (χ0n) is 9.57. The van der Waals surface area contributed by atoms with E-state index < -0.39 is 0 Å². The molecule has 0 saturated carbocycles. The monoisotopic (exact) mass is 264 g/mol. The molecule has 0 aliphatic heterocycles. The molecule has 0 bridgehead atoms. The van der Waals surface area contributed by atoms with Crippen molar-refractivity contribution in [3.63, 3.8) is 0 Å². The molecule has 0 atom stereocenters. The van der Waals surface area contributed by atoms with E-state index in [0.29, 0.717) is 11.4 Å². The molecule has 0 saturated heterocycles. The van der Waals surface area contributed by atoms with Crippen LogP contribution in [0, 0.1) is 6.92 Å². The number of ketones is 1. The molecular formula is C14H13ClOS. The molecule has 1 heterocycles. The number of halogens is 1. The molecule has 0 unspecified atom stereocenters. The van der Waals surface area contributed by atoms with Crippen LogP contribution in [-0.2, 0) is 6.42 Å². The van der Waals surface area contributed by atoms with Crippen LogP contribution >= 0.6 is 22.9 Å². The number of carbonyl (C=O) groups excluding carboxylic acids is 1. The second kappa shape index (κ2) is 5.48. The molecule has 2 rings (SSSR count). The second-order valence-electron chi connectivity index (χ2n) is 3.97. The molecule has 0 spiro atoms. The van der Waals surface area contributed by atoms with Gasteiger partial charge in [0, 0.05) is 21.9 Å². The van der Waals surface area contributed by atoms with Gasteiger partial charge in [-0.15, -0.1) is 11.3 Å². The minimum Gasteiger partial charge on any atom is -0.294 e. The first-order valence-electron chi connectivity index (χ1n) is 5.48. The van der Waals surface area contributed by atoms with E-state index in [4.69, 9.17) is 11.6 Å². The van der Waals surface area contributed by atoms with Gasteiger partial charge in [0.25, 0.3) is 0 Å². The van der Waals surface area contributed by atoms with Gasteiger partial charge in [-0.05, 0) is 48.6 Å². The van der Waals surface area contributed by atoms with Crippen LogP contribution in [0.4, 0.5) is 0 Å². The maximum atomic E-state index is 12.0. The van der Waals surface area contributed by atoms with Gasteiger partial charge in [0.1, 0.15) is 0 Å². The van der Waals surface area contributed by atoms with Gasteiger partial charge in [0.05, 0.1) is 0 Å². The molecule has 0 amide bonds. The molecule has 1 nitrogen and oxygen atoms in total. The van der Waals surface area contributed by atoms with Crippen molar-refractivity contribution in [1.82, 2.24) is 0 Å². The summed E-state index contributed by atoms with van der Waals surface area (Å²) in [5, 5.41) is 2.74. The number of carbonyl (C=O) groups is 1. The summed E-state index contributed by atoms with van der Waals surface area (Å²) in [6.07, 6.45) is 1.37. The quantitative estimate of drug-likeness (QED) is 0.742. The summed E-state index contributed by atoms with van der Waals surface area (Å²) in [6.45, 7) is 1.92. The molecule has 0 aliphatic carbocycles. The maximum absolute atomic E-state index is 12.0. The van der Waals surface area contributed by atoms with Crippen molar-refractivity contribution in [1.29, 1.82) is 0 Å². The SMILES string of the molecule is Cc1cc(C(=O)CCc2cccs2)ccc1Cl. The van der Waals surface area contributed by atoms with Gasteiger partial charge in [0.2, 0.25) is 0 Å². The van der Waals surface area contributed by atoms with Gasteiger partial charge in [-0.3, -0.25) is 4.79 Å². The Morgan fingerprint density at radius 2 is 2.18 bits per heavy atom. The van der Waals surface area contributed by atoms with Gasteiger partial charge >= 0.3 is 0 Å². The van der Waals surface area contributed by atoms with Crippen LogP contribution in [0.15, 0.2) is 35.7 Å². The van der Waals surface area contributed by atoms with E-state index in [1.807, 2.05) is 24.4 Å². The van der Waals surface area contributed by atoms with Gasteiger partial charge in [-0.2, -0.15) is 0 Å². The lowest BCUT2D eigenvalue weighted by Gasteiger charge is -2.03. The maximum Gasteiger partial charge on any atom is 0.163 e. The van der Waals surface area contributed by atoms with E-state index in [1.165, 1.54) is 4.88 Å². The number of hydrogen-bond acceptors (Lipinski definition) is 2. The Morgan fingerprint density at radius 1 is 1.35 bits per heavy atom. The fourth-order valence-corrected chi connectivity index (χ4v) is 2.48. The lowest BCUT2D eigenvalue weighted by atomic mass is 10.0. The number of rotatable bonds is 4. The van der Waals surface area contributed by atoms with Gasteiger partial charge in [-0.25, -0.2) is 0 Å². The van der Waals surface area contributed by atoms with E-state index in [1.54, 1.807) is 23.5 Å². The predicted molar refractivity (Wildman–Crippen MR) is 73.2 cm³/mol. The van der Waals surface area contributed by atoms with E-state index in [2.05, 4.69) is 6.07 Å². The average Bonchev–Trinajstić information content (AvgIpc) is 2.82. The normalized spacial score (nSPS) is 10.5. The average molecular weight is 265 g/mol. The summed E-state index contributed by atoms with van der Waals surface area (Å²) >= 11 is 7.63. The van der Waals surface area contributed by atoms with Gasteiger partial charge in [-0.1, -0.05) is 17.7 Å². The molecule has 1 aromatic carbocycles. The first kappa shape index (κ1) is 12.3. The zero-order chi connectivity index (χ0) is 12.3. The first-order valence-corrected chi connectivity index (χ1v) is 6.74. The highest BCUT2D eigenvalue weighted by atomic mass is 35.5. The lowest BCUT2D eigenvalue weighted by Crippen LogP contribution is -2.00. The highest BCUT2D eigenvalue weighted by molar-refractivity contribution is 7.09. The van der Waals surface area contributed by atoms with E-state index in [9.17, 15) is 4.79 Å². The smallest absolute Gasteiger partial charge is 0.163 e. The summed E-state index contributed by atoms with van der Waals surface area (Å²) in [4.78, 5) is 13.2. The van der Waals surface area contributed by atoms with Crippen LogP contribution in [0.25, 0.3) is 0 Å². The third-order valence-electron chi connectivity index (χ3n) is 2.66. The van der Waals surface area contributed by atoms with Crippen LogP contribution in [-0.4, -0.2) is 5.78 Å². The topological polar surface area (TPSA) is 17.1 Å². The standard InChI is InChI=1S/C14H13ClOS/c1-10-9-11(4-6-13(10)15)14(16)7-5-12-3-2-8-17-12/h2-4,6,8-9H,5,7H2,1H3. The van der Waals surface area contributed by atoms with Crippen molar-refractivity contribution < 1.29 is 4.79 Å². The third-order valence-corrected chi connectivity index (χ3v) is 4.02. The molecule has 3 heteroatoms. The Balaban J connectivity index is 2.02. The number of hydrogen-bond donors (Lipinski definition) is 0. The molecule has 1 aromatic heterocycles. The summed E-state index contributed by atoms with van der Waals surface area (Å²) in [5.74, 6) is 0.179. The molecule has 0 radical (unpaired) electrons. The highest BCUT2D eigenvalue weighted by Crippen LogP contribution is 2.18. The molecule has 0 N–H and O–H groups in total. The number of benzene rings is 1. The highest BCUT2D eigenvalue weighted by Gasteiger charge is 2.07. The molecule has 88 valence electrons. The van der Waals surface area contributed by atoms with Gasteiger partial charge in [0.15, 0.2) is 5.78 Å². The molecule has 0 fully saturated rings. The number of Topliss-reactive ketones (excluding diaryl/α,β-unsaturated/α-hetero) is 1. The van der Waals surface area contributed by atoms with Gasteiger partial charge < -0.3 is 0 Å². The summed E-state index contributed by atoms with van der Waals surface area (Å²) in [7, 11) is 0. The Bertz CT molecular complexity index is 517. The Kier molecular flexibility index (Phi) is 3.97. The zero-order valence-corrected chi connectivity index (χ0v) is 11.1. The fourth-order valence-electron chi connectivity index (χ4n) is 1.65. The summed E-state index contributed by atoms with van der Waals surface area (Å²) in [5.41, 5.74) is 1.71. The first-order chi connectivity index (χ1) is 8.16. The fraction of sp³-hybridized carbons (Fsp3) is 0.214. The van der Waals surface area contributed by atoms with Crippen molar-refractivity contribution in [3.8, 4) is 0 Å². The second-order valence-corrected chi connectivity index (χ2v) is 5.41. The van der Waals surface area contributed by atoms with Crippen LogP contribution in [0.2, 0.25) is 5.02 Å². The molecule has 17 heavy (non-hydrogen) atoms. The van der Waals surface area contributed by atoms with E-state index in [-0.39, 0.29) is 5.78 Å². The predicted octanol–water partition coefficient (Wildman–Crippen LogP) is 4.53. The largest absolute Gasteiger partial charge is 0.294 e. The van der Waals surface area contributed by atoms with Crippen LogP contribution < -0.4 is 0 Å². The minimum absolute atomic E-state index is 0.179. The number of aryl methyl sites for hydroxylation is 2. The van der Waals surface area contributed by atoms with Crippen LogP contribution in [0.5, 0.6) is 0 Å². The Labute approximate surface area is 110 Å². The minimum atomic E-state index is 0.179. The summed E-state index contributed by atoms with van der Waals surface area (Å²) in [6, 6.07) is 9.52. The van der Waals surface area contributed by atoms with E-state index >= 15 is 0 Å². The lowest BCUT2D eigenvalue weighted by molar-refractivity contribution is 0.0983. The van der Waals surface area contributed by atoms with Crippen molar-refractivity contribution >= 4 is 28.7 Å². The van der Waals surface area contributed by atoms with Crippen molar-refractivity contribution in [2.24, 2.45) is 0 Å². The Hall–Kier alpha value is -1.12. The number of thiophene rings is 1. The Morgan fingerprint density at radius 3 is 2.82 bits per heavy atom. The van der Waals surface area contributed by atoms with Crippen molar-refractivity contribution in [2.75, 3.05) is 0 Å². The van der Waals surface area contributed by atoms with Crippen molar-refractivity contribution in [3.05, 3.63) is 56.7 Å². The molecule has 2 aromatic rings. The molecule has 0 aliphatic rings.